The first kappa shape index (κ1) is 13.1. The molecule has 1 heterocycles. The summed E-state index contributed by atoms with van der Waals surface area (Å²) in [4.78, 5) is 2.27. The Balaban J connectivity index is 2.19. The van der Waals surface area contributed by atoms with E-state index in [1.165, 1.54) is 5.69 Å². The van der Waals surface area contributed by atoms with Crippen molar-refractivity contribution < 1.29 is 4.21 Å². The number of benzene rings is 1. The van der Waals surface area contributed by atoms with Crippen molar-refractivity contribution in [1.82, 2.24) is 0 Å². The zero-order valence-corrected chi connectivity index (χ0v) is 12.3. The van der Waals surface area contributed by atoms with Crippen molar-refractivity contribution in [3.05, 3.63) is 28.2 Å². The minimum absolute atomic E-state index is 0.0502. The lowest BCUT2D eigenvalue weighted by molar-refractivity contribution is 0.673. The molecule has 0 aliphatic carbocycles. The quantitative estimate of drug-likeness (QED) is 0.908. The van der Waals surface area contributed by atoms with E-state index in [1.54, 1.807) is 0 Å². The van der Waals surface area contributed by atoms with Gasteiger partial charge in [-0.25, -0.2) is 0 Å². The molecule has 0 bridgehead atoms. The van der Waals surface area contributed by atoms with Crippen molar-refractivity contribution in [2.24, 2.45) is 5.73 Å². The zero-order valence-electron chi connectivity index (χ0n) is 9.86. The molecule has 17 heavy (non-hydrogen) atoms. The number of hydrogen-bond acceptors (Lipinski definition) is 3. The Labute approximate surface area is 113 Å². The molecule has 2 N–H and O–H groups in total. The standard InChI is InChI=1S/C12H17BrN2OS/c1-9(14)10-2-3-12(11(13)8-10)15-4-6-17(16)7-5-15/h2-3,8-9H,4-7,14H2,1H3/t9-/m1/s1. The van der Waals surface area contributed by atoms with Crippen LogP contribution in [-0.4, -0.2) is 28.8 Å². The first-order valence-corrected chi connectivity index (χ1v) is 8.01. The second kappa shape index (κ2) is 5.50. The van der Waals surface area contributed by atoms with Crippen LogP contribution in [0.4, 0.5) is 5.69 Å². The lowest BCUT2D eigenvalue weighted by Gasteiger charge is -2.29. The maximum atomic E-state index is 11.3. The van der Waals surface area contributed by atoms with Gasteiger partial charge < -0.3 is 10.6 Å². The Hall–Kier alpha value is -0.390. The summed E-state index contributed by atoms with van der Waals surface area (Å²) in [6, 6.07) is 6.29. The number of rotatable bonds is 2. The van der Waals surface area contributed by atoms with Crippen LogP contribution in [-0.2, 0) is 10.8 Å². The third-order valence-corrected chi connectivity index (χ3v) is 4.93. The summed E-state index contributed by atoms with van der Waals surface area (Å²) in [5, 5.41) is 0. The predicted molar refractivity (Wildman–Crippen MR) is 76.8 cm³/mol. The average Bonchev–Trinajstić information content (AvgIpc) is 2.30. The molecule has 1 aliphatic heterocycles. The van der Waals surface area contributed by atoms with Crippen LogP contribution in [0.25, 0.3) is 0 Å². The lowest BCUT2D eigenvalue weighted by atomic mass is 10.1. The maximum Gasteiger partial charge on any atom is 0.0511 e. The van der Waals surface area contributed by atoms with E-state index in [4.69, 9.17) is 5.73 Å². The van der Waals surface area contributed by atoms with Crippen LogP contribution in [0.5, 0.6) is 0 Å². The van der Waals surface area contributed by atoms with E-state index < -0.39 is 10.8 Å². The Kier molecular flexibility index (Phi) is 4.22. The van der Waals surface area contributed by atoms with E-state index in [1.807, 2.05) is 6.92 Å². The van der Waals surface area contributed by atoms with Gasteiger partial charge in [0.15, 0.2) is 0 Å². The molecule has 3 nitrogen and oxygen atoms in total. The van der Waals surface area contributed by atoms with E-state index in [0.717, 1.165) is 34.6 Å². The Morgan fingerprint density at radius 2 is 2.06 bits per heavy atom. The molecule has 1 aromatic rings. The smallest absolute Gasteiger partial charge is 0.0511 e. The number of nitrogens with two attached hydrogens (primary N) is 1. The van der Waals surface area contributed by atoms with Gasteiger partial charge in [0.1, 0.15) is 0 Å². The highest BCUT2D eigenvalue weighted by molar-refractivity contribution is 9.10. The molecule has 1 aliphatic rings. The minimum Gasteiger partial charge on any atom is -0.369 e. The van der Waals surface area contributed by atoms with Crippen LogP contribution in [0, 0.1) is 0 Å². The van der Waals surface area contributed by atoms with Crippen molar-refractivity contribution in [3.63, 3.8) is 0 Å². The largest absolute Gasteiger partial charge is 0.369 e. The summed E-state index contributed by atoms with van der Waals surface area (Å²) < 4.78 is 12.4. The first-order valence-electron chi connectivity index (χ1n) is 5.73. The lowest BCUT2D eigenvalue weighted by Crippen LogP contribution is -2.37. The molecule has 1 saturated heterocycles. The van der Waals surface area contributed by atoms with E-state index in [-0.39, 0.29) is 6.04 Å². The minimum atomic E-state index is -0.630. The number of hydrogen-bond donors (Lipinski definition) is 1. The Morgan fingerprint density at radius 1 is 1.41 bits per heavy atom. The van der Waals surface area contributed by atoms with E-state index >= 15 is 0 Å². The topological polar surface area (TPSA) is 46.3 Å². The molecule has 0 aromatic heterocycles. The molecule has 94 valence electrons. The summed E-state index contributed by atoms with van der Waals surface area (Å²) in [5.41, 5.74) is 8.15. The van der Waals surface area contributed by atoms with Crippen LogP contribution in [0.2, 0.25) is 0 Å². The predicted octanol–water partition coefficient (Wildman–Crippen LogP) is 2.04. The number of anilines is 1. The highest BCUT2D eigenvalue weighted by Crippen LogP contribution is 2.29. The summed E-state index contributed by atoms with van der Waals surface area (Å²) >= 11 is 3.59. The van der Waals surface area contributed by atoms with Gasteiger partial charge in [-0.2, -0.15) is 0 Å². The van der Waals surface area contributed by atoms with Crippen LogP contribution in [0.3, 0.4) is 0 Å². The second-order valence-corrected chi connectivity index (χ2v) is 6.89. The monoisotopic (exact) mass is 316 g/mol. The van der Waals surface area contributed by atoms with Crippen molar-refractivity contribution >= 4 is 32.4 Å². The molecular formula is C12H17BrN2OS. The Bertz CT molecular complexity index is 427. The van der Waals surface area contributed by atoms with Gasteiger partial charge in [0.05, 0.1) is 5.69 Å². The maximum absolute atomic E-state index is 11.3. The van der Waals surface area contributed by atoms with Gasteiger partial charge in [-0.1, -0.05) is 6.07 Å². The van der Waals surface area contributed by atoms with Crippen molar-refractivity contribution in [1.29, 1.82) is 0 Å². The molecule has 2 rings (SSSR count). The van der Waals surface area contributed by atoms with Gasteiger partial charge in [0.25, 0.3) is 0 Å². The van der Waals surface area contributed by atoms with Crippen molar-refractivity contribution in [2.45, 2.75) is 13.0 Å². The van der Waals surface area contributed by atoms with Gasteiger partial charge in [0, 0.05) is 45.9 Å². The highest BCUT2D eigenvalue weighted by Gasteiger charge is 2.17. The molecule has 1 fully saturated rings. The van der Waals surface area contributed by atoms with Gasteiger partial charge in [-0.3, -0.25) is 4.21 Å². The second-order valence-electron chi connectivity index (χ2n) is 4.33. The molecule has 1 atom stereocenters. The summed E-state index contributed by atoms with van der Waals surface area (Å²) in [6.07, 6.45) is 0. The van der Waals surface area contributed by atoms with Crippen LogP contribution < -0.4 is 10.6 Å². The van der Waals surface area contributed by atoms with E-state index in [9.17, 15) is 4.21 Å². The molecular weight excluding hydrogens is 300 g/mol. The Morgan fingerprint density at radius 3 is 2.59 bits per heavy atom. The zero-order chi connectivity index (χ0) is 12.4. The normalized spacial score (nSPS) is 19.4. The summed E-state index contributed by atoms with van der Waals surface area (Å²) in [5.74, 6) is 1.53. The van der Waals surface area contributed by atoms with E-state index in [2.05, 4.69) is 39.0 Å². The molecule has 0 spiro atoms. The third kappa shape index (κ3) is 3.09. The van der Waals surface area contributed by atoms with E-state index in [0.29, 0.717) is 0 Å². The SMILES string of the molecule is C[C@@H](N)c1ccc(N2CCS(=O)CC2)c(Br)c1. The van der Waals surface area contributed by atoms with Crippen molar-refractivity contribution in [3.8, 4) is 0 Å². The molecule has 0 radical (unpaired) electrons. The fourth-order valence-corrected chi connectivity index (χ4v) is 3.64. The fourth-order valence-electron chi connectivity index (χ4n) is 1.94. The number of nitrogens with zero attached hydrogens (tertiary/aromatic N) is 1. The van der Waals surface area contributed by atoms with Crippen LogP contribution >= 0.6 is 15.9 Å². The van der Waals surface area contributed by atoms with Gasteiger partial charge >= 0.3 is 0 Å². The van der Waals surface area contributed by atoms with Gasteiger partial charge in [-0.15, -0.1) is 0 Å². The van der Waals surface area contributed by atoms with Crippen LogP contribution in [0.15, 0.2) is 22.7 Å². The van der Waals surface area contributed by atoms with Gasteiger partial charge in [0.2, 0.25) is 0 Å². The third-order valence-electron chi connectivity index (χ3n) is 3.02. The average molecular weight is 317 g/mol. The molecule has 5 heteroatoms. The molecule has 1 aromatic carbocycles. The molecule has 0 unspecified atom stereocenters. The number of halogens is 1. The highest BCUT2D eigenvalue weighted by atomic mass is 79.9. The van der Waals surface area contributed by atoms with Crippen molar-refractivity contribution in [2.75, 3.05) is 29.5 Å². The molecule has 0 saturated carbocycles. The van der Waals surface area contributed by atoms with Gasteiger partial charge in [-0.05, 0) is 40.5 Å². The first-order chi connectivity index (χ1) is 8.08. The summed E-state index contributed by atoms with van der Waals surface area (Å²) in [7, 11) is -0.630. The summed E-state index contributed by atoms with van der Waals surface area (Å²) in [6.45, 7) is 3.71. The van der Waals surface area contributed by atoms with Crippen LogP contribution in [0.1, 0.15) is 18.5 Å². The molecule has 0 amide bonds. The fraction of sp³-hybridized carbons (Fsp3) is 0.500.